The van der Waals surface area contributed by atoms with Crippen LogP contribution in [-0.4, -0.2) is 23.9 Å². The molecule has 0 N–H and O–H groups in total. The maximum absolute atomic E-state index is 12.9. The molecule has 0 unspecified atom stereocenters. The Morgan fingerprint density at radius 3 is 2.47 bits per heavy atom. The average Bonchev–Trinajstić information content (AvgIpc) is 2.23. The standard InChI is InChI=1S/C11H14FNOS/c1-3-13(4-2)11(14)8-5-6-9(12)10(15)7-8/h5-7,15H,3-4H2,1-2H3. The van der Waals surface area contributed by atoms with Gasteiger partial charge in [0.15, 0.2) is 0 Å². The zero-order valence-electron chi connectivity index (χ0n) is 8.83. The van der Waals surface area contributed by atoms with E-state index in [-0.39, 0.29) is 10.8 Å². The molecule has 15 heavy (non-hydrogen) atoms. The highest BCUT2D eigenvalue weighted by Crippen LogP contribution is 2.15. The smallest absolute Gasteiger partial charge is 0.253 e. The average molecular weight is 227 g/mol. The number of halogens is 1. The summed E-state index contributed by atoms with van der Waals surface area (Å²) in [7, 11) is 0. The molecule has 1 aromatic rings. The van der Waals surface area contributed by atoms with Crippen molar-refractivity contribution in [3.63, 3.8) is 0 Å². The van der Waals surface area contributed by atoms with Crippen molar-refractivity contribution in [2.24, 2.45) is 0 Å². The Labute approximate surface area is 94.5 Å². The van der Waals surface area contributed by atoms with Crippen LogP contribution >= 0.6 is 12.6 Å². The number of hydrogen-bond acceptors (Lipinski definition) is 2. The van der Waals surface area contributed by atoms with Crippen LogP contribution in [0.2, 0.25) is 0 Å². The topological polar surface area (TPSA) is 20.3 Å². The molecular weight excluding hydrogens is 213 g/mol. The van der Waals surface area contributed by atoms with Crippen molar-refractivity contribution >= 4 is 18.5 Å². The molecule has 1 rings (SSSR count). The first-order valence-corrected chi connectivity index (χ1v) is 5.32. The van der Waals surface area contributed by atoms with Crippen molar-refractivity contribution in [1.82, 2.24) is 4.90 Å². The molecule has 1 aromatic carbocycles. The molecule has 4 heteroatoms. The van der Waals surface area contributed by atoms with Gasteiger partial charge in [-0.15, -0.1) is 12.6 Å². The van der Waals surface area contributed by atoms with Crippen LogP contribution in [0.4, 0.5) is 4.39 Å². The number of rotatable bonds is 3. The first kappa shape index (κ1) is 12.0. The minimum Gasteiger partial charge on any atom is -0.339 e. The molecule has 0 heterocycles. The van der Waals surface area contributed by atoms with Crippen molar-refractivity contribution in [3.8, 4) is 0 Å². The van der Waals surface area contributed by atoms with Gasteiger partial charge in [0.2, 0.25) is 0 Å². The van der Waals surface area contributed by atoms with Gasteiger partial charge in [-0.1, -0.05) is 0 Å². The molecule has 1 amide bonds. The first-order valence-electron chi connectivity index (χ1n) is 4.88. The van der Waals surface area contributed by atoms with Crippen LogP contribution in [0.1, 0.15) is 24.2 Å². The third kappa shape index (κ3) is 2.72. The van der Waals surface area contributed by atoms with Gasteiger partial charge >= 0.3 is 0 Å². The Hall–Kier alpha value is -1.03. The summed E-state index contributed by atoms with van der Waals surface area (Å²) in [6.07, 6.45) is 0. The lowest BCUT2D eigenvalue weighted by molar-refractivity contribution is 0.0772. The highest BCUT2D eigenvalue weighted by atomic mass is 32.1. The summed E-state index contributed by atoms with van der Waals surface area (Å²) >= 11 is 3.94. The Balaban J connectivity index is 2.96. The number of carbonyl (C=O) groups is 1. The van der Waals surface area contributed by atoms with Gasteiger partial charge < -0.3 is 4.90 Å². The highest BCUT2D eigenvalue weighted by Gasteiger charge is 2.13. The van der Waals surface area contributed by atoms with Crippen LogP contribution in [-0.2, 0) is 0 Å². The molecule has 0 aromatic heterocycles. The molecule has 0 spiro atoms. The molecule has 0 aliphatic carbocycles. The summed E-state index contributed by atoms with van der Waals surface area (Å²) in [5, 5.41) is 0. The van der Waals surface area contributed by atoms with Gasteiger partial charge in [0.25, 0.3) is 5.91 Å². The SMILES string of the molecule is CCN(CC)C(=O)c1ccc(F)c(S)c1. The zero-order valence-corrected chi connectivity index (χ0v) is 9.72. The molecule has 0 radical (unpaired) electrons. The molecule has 0 atom stereocenters. The normalized spacial score (nSPS) is 10.1. The number of carbonyl (C=O) groups excluding carboxylic acids is 1. The van der Waals surface area contributed by atoms with E-state index in [1.807, 2.05) is 13.8 Å². The van der Waals surface area contributed by atoms with Crippen molar-refractivity contribution in [1.29, 1.82) is 0 Å². The van der Waals surface area contributed by atoms with Crippen molar-refractivity contribution < 1.29 is 9.18 Å². The van der Waals surface area contributed by atoms with Crippen LogP contribution in [0.15, 0.2) is 23.1 Å². The lowest BCUT2D eigenvalue weighted by Gasteiger charge is -2.18. The van der Waals surface area contributed by atoms with Gasteiger partial charge in [0.05, 0.1) is 0 Å². The first-order chi connectivity index (χ1) is 7.10. The summed E-state index contributed by atoms with van der Waals surface area (Å²) in [6, 6.07) is 4.20. The quantitative estimate of drug-likeness (QED) is 0.787. The van der Waals surface area contributed by atoms with E-state index in [0.29, 0.717) is 18.7 Å². The Bertz CT molecular complexity index is 364. The van der Waals surface area contributed by atoms with E-state index in [4.69, 9.17) is 0 Å². The summed E-state index contributed by atoms with van der Waals surface area (Å²) in [4.78, 5) is 13.7. The van der Waals surface area contributed by atoms with E-state index in [0.717, 1.165) is 0 Å². The minimum atomic E-state index is -0.408. The molecule has 0 aliphatic rings. The lowest BCUT2D eigenvalue weighted by atomic mass is 10.2. The second-order valence-corrected chi connectivity index (χ2v) is 3.63. The van der Waals surface area contributed by atoms with E-state index in [9.17, 15) is 9.18 Å². The predicted molar refractivity (Wildman–Crippen MR) is 60.9 cm³/mol. The fourth-order valence-corrected chi connectivity index (χ4v) is 1.55. The Morgan fingerprint density at radius 2 is 2.00 bits per heavy atom. The summed E-state index contributed by atoms with van der Waals surface area (Å²) < 4.78 is 12.9. The largest absolute Gasteiger partial charge is 0.339 e. The van der Waals surface area contributed by atoms with Gasteiger partial charge in [-0.3, -0.25) is 4.79 Å². The fraction of sp³-hybridized carbons (Fsp3) is 0.364. The van der Waals surface area contributed by atoms with E-state index in [2.05, 4.69) is 12.6 Å². The van der Waals surface area contributed by atoms with Crippen LogP contribution in [0.5, 0.6) is 0 Å². The van der Waals surface area contributed by atoms with Crippen LogP contribution in [0, 0.1) is 5.82 Å². The van der Waals surface area contributed by atoms with Crippen LogP contribution < -0.4 is 0 Å². The highest BCUT2D eigenvalue weighted by molar-refractivity contribution is 7.80. The number of amides is 1. The maximum atomic E-state index is 12.9. The summed E-state index contributed by atoms with van der Waals surface area (Å²) in [6.45, 7) is 5.11. The van der Waals surface area contributed by atoms with Crippen molar-refractivity contribution in [3.05, 3.63) is 29.6 Å². The molecule has 2 nitrogen and oxygen atoms in total. The third-order valence-corrected chi connectivity index (χ3v) is 2.59. The lowest BCUT2D eigenvalue weighted by Crippen LogP contribution is -2.30. The predicted octanol–water partition coefficient (Wildman–Crippen LogP) is 2.60. The van der Waals surface area contributed by atoms with Crippen molar-refractivity contribution in [2.45, 2.75) is 18.7 Å². The maximum Gasteiger partial charge on any atom is 0.253 e. The monoisotopic (exact) mass is 227 g/mol. The van der Waals surface area contributed by atoms with Gasteiger partial charge in [-0.25, -0.2) is 4.39 Å². The number of thiol groups is 1. The number of nitrogens with zero attached hydrogens (tertiary/aromatic N) is 1. The molecular formula is C11H14FNOS. The second-order valence-electron chi connectivity index (χ2n) is 3.14. The third-order valence-electron chi connectivity index (χ3n) is 2.24. The van der Waals surface area contributed by atoms with Gasteiger partial charge in [0, 0.05) is 23.5 Å². The Morgan fingerprint density at radius 1 is 1.40 bits per heavy atom. The minimum absolute atomic E-state index is 0.0877. The van der Waals surface area contributed by atoms with E-state index in [1.165, 1.54) is 18.2 Å². The molecule has 0 saturated heterocycles. The molecule has 0 fully saturated rings. The van der Waals surface area contributed by atoms with Crippen LogP contribution in [0.25, 0.3) is 0 Å². The molecule has 0 saturated carbocycles. The number of hydrogen-bond donors (Lipinski definition) is 1. The van der Waals surface area contributed by atoms with E-state index in [1.54, 1.807) is 4.90 Å². The fourth-order valence-electron chi connectivity index (χ4n) is 1.34. The summed E-state index contributed by atoms with van der Waals surface area (Å²) in [5.41, 5.74) is 0.477. The molecule has 0 bridgehead atoms. The molecule has 82 valence electrons. The number of benzene rings is 1. The van der Waals surface area contributed by atoms with E-state index < -0.39 is 5.82 Å². The van der Waals surface area contributed by atoms with Gasteiger partial charge in [-0.05, 0) is 32.0 Å². The van der Waals surface area contributed by atoms with Crippen molar-refractivity contribution in [2.75, 3.05) is 13.1 Å². The van der Waals surface area contributed by atoms with Gasteiger partial charge in [-0.2, -0.15) is 0 Å². The molecule has 0 aliphatic heterocycles. The van der Waals surface area contributed by atoms with Gasteiger partial charge in [0.1, 0.15) is 5.82 Å². The van der Waals surface area contributed by atoms with E-state index >= 15 is 0 Å². The Kier molecular flexibility index (Phi) is 4.15. The zero-order chi connectivity index (χ0) is 11.4. The van der Waals surface area contributed by atoms with Crippen LogP contribution in [0.3, 0.4) is 0 Å². The second kappa shape index (κ2) is 5.16. The summed E-state index contributed by atoms with van der Waals surface area (Å²) in [5.74, 6) is -0.496.